The highest BCUT2D eigenvalue weighted by molar-refractivity contribution is 6.30. The summed E-state index contributed by atoms with van der Waals surface area (Å²) >= 11 is 5.92. The van der Waals surface area contributed by atoms with Gasteiger partial charge in [0.25, 0.3) is 0 Å². The average molecular weight is 351 g/mol. The normalized spacial score (nSPS) is 24.7. The highest BCUT2D eigenvalue weighted by Crippen LogP contribution is 2.32. The number of amides is 1. The Kier molecular flexibility index (Phi) is 5.29. The van der Waals surface area contributed by atoms with Crippen LogP contribution in [0.4, 0.5) is 5.69 Å². The molecular formula is C18H23ClN2O3. The third kappa shape index (κ3) is 3.66. The van der Waals surface area contributed by atoms with Crippen molar-refractivity contribution in [2.75, 3.05) is 31.1 Å². The van der Waals surface area contributed by atoms with Gasteiger partial charge in [-0.05, 0) is 37.1 Å². The Balaban J connectivity index is 1.60. The van der Waals surface area contributed by atoms with Crippen molar-refractivity contribution in [3.8, 4) is 0 Å². The molecule has 0 aromatic heterocycles. The van der Waals surface area contributed by atoms with Crippen LogP contribution in [-0.2, 0) is 9.59 Å². The highest BCUT2D eigenvalue weighted by Gasteiger charge is 2.38. The number of carboxylic acid groups (broad SMARTS) is 1. The molecule has 1 saturated heterocycles. The van der Waals surface area contributed by atoms with Crippen LogP contribution < -0.4 is 4.90 Å². The largest absolute Gasteiger partial charge is 0.481 e. The Morgan fingerprint density at radius 1 is 0.958 bits per heavy atom. The summed E-state index contributed by atoms with van der Waals surface area (Å²) < 4.78 is 0. The van der Waals surface area contributed by atoms with Crippen molar-refractivity contribution in [3.05, 3.63) is 29.3 Å². The molecule has 24 heavy (non-hydrogen) atoms. The van der Waals surface area contributed by atoms with Crippen molar-refractivity contribution in [2.24, 2.45) is 11.8 Å². The second-order valence-electron chi connectivity index (χ2n) is 6.62. The maximum atomic E-state index is 12.8. The van der Waals surface area contributed by atoms with Crippen LogP contribution in [0.1, 0.15) is 25.7 Å². The Morgan fingerprint density at radius 2 is 1.54 bits per heavy atom. The van der Waals surface area contributed by atoms with Crippen LogP contribution in [0.5, 0.6) is 0 Å². The first-order valence-corrected chi connectivity index (χ1v) is 8.96. The number of carbonyl (C=O) groups is 2. The van der Waals surface area contributed by atoms with Crippen molar-refractivity contribution in [3.63, 3.8) is 0 Å². The van der Waals surface area contributed by atoms with Crippen molar-refractivity contribution < 1.29 is 14.7 Å². The number of nitrogens with zero attached hydrogens (tertiary/aromatic N) is 2. The lowest BCUT2D eigenvalue weighted by molar-refractivity contribution is -0.152. The molecule has 0 radical (unpaired) electrons. The number of piperazine rings is 1. The lowest BCUT2D eigenvalue weighted by atomic mass is 9.78. The standard InChI is InChI=1S/C18H23ClN2O3/c19-13-5-7-14(8-6-13)20-9-11-21(12-10-20)17(22)15-3-1-2-4-16(15)18(23)24/h5-8,15-16H,1-4,9-12H2,(H,23,24)/t15-,16-/m0/s1. The lowest BCUT2D eigenvalue weighted by Crippen LogP contribution is -2.52. The number of hydrogen-bond donors (Lipinski definition) is 1. The van der Waals surface area contributed by atoms with E-state index >= 15 is 0 Å². The molecule has 1 aromatic rings. The first kappa shape index (κ1) is 17.1. The molecule has 6 heteroatoms. The molecule has 2 fully saturated rings. The molecule has 3 rings (SSSR count). The van der Waals surface area contributed by atoms with Gasteiger partial charge >= 0.3 is 5.97 Å². The zero-order valence-corrected chi connectivity index (χ0v) is 14.4. The summed E-state index contributed by atoms with van der Waals surface area (Å²) in [6.07, 6.45) is 3.18. The second kappa shape index (κ2) is 7.43. The zero-order valence-electron chi connectivity index (χ0n) is 13.7. The van der Waals surface area contributed by atoms with E-state index in [9.17, 15) is 14.7 Å². The van der Waals surface area contributed by atoms with Gasteiger partial charge in [0.05, 0.1) is 11.8 Å². The number of carboxylic acids is 1. The number of hydrogen-bond acceptors (Lipinski definition) is 3. The van der Waals surface area contributed by atoms with Gasteiger partial charge in [-0.3, -0.25) is 9.59 Å². The summed E-state index contributed by atoms with van der Waals surface area (Å²) in [5.74, 6) is -1.66. The van der Waals surface area contributed by atoms with Gasteiger partial charge in [-0.2, -0.15) is 0 Å². The van der Waals surface area contributed by atoms with Crippen LogP contribution in [0.15, 0.2) is 24.3 Å². The van der Waals surface area contributed by atoms with Crippen molar-refractivity contribution in [1.29, 1.82) is 0 Å². The number of halogens is 1. The number of rotatable bonds is 3. The molecule has 1 aromatic carbocycles. The van der Waals surface area contributed by atoms with Crippen molar-refractivity contribution in [2.45, 2.75) is 25.7 Å². The quantitative estimate of drug-likeness (QED) is 0.910. The molecule has 1 saturated carbocycles. The molecule has 2 atom stereocenters. The Hall–Kier alpha value is -1.75. The summed E-state index contributed by atoms with van der Waals surface area (Å²) in [5, 5.41) is 10.1. The summed E-state index contributed by atoms with van der Waals surface area (Å²) in [4.78, 5) is 28.3. The van der Waals surface area contributed by atoms with Crippen LogP contribution in [0.3, 0.4) is 0 Å². The van der Waals surface area contributed by atoms with Gasteiger partial charge < -0.3 is 14.9 Å². The van der Waals surface area contributed by atoms with Gasteiger partial charge in [-0.15, -0.1) is 0 Å². The molecule has 1 heterocycles. The fourth-order valence-corrected chi connectivity index (χ4v) is 3.92. The van der Waals surface area contributed by atoms with E-state index < -0.39 is 11.9 Å². The maximum absolute atomic E-state index is 12.8. The van der Waals surface area contributed by atoms with E-state index in [-0.39, 0.29) is 11.8 Å². The SMILES string of the molecule is O=C(O)[C@H]1CCCC[C@@H]1C(=O)N1CCN(c2ccc(Cl)cc2)CC1. The van der Waals surface area contributed by atoms with E-state index in [1.165, 1.54) is 0 Å². The van der Waals surface area contributed by atoms with Crippen LogP contribution in [0.25, 0.3) is 0 Å². The topological polar surface area (TPSA) is 60.9 Å². The van der Waals surface area contributed by atoms with Gasteiger partial charge in [-0.1, -0.05) is 24.4 Å². The van der Waals surface area contributed by atoms with E-state index in [2.05, 4.69) is 4.90 Å². The van der Waals surface area contributed by atoms with Crippen molar-refractivity contribution in [1.82, 2.24) is 4.90 Å². The number of carbonyl (C=O) groups excluding carboxylic acids is 1. The number of aliphatic carboxylic acids is 1. The Labute approximate surface area is 147 Å². The summed E-state index contributed by atoms with van der Waals surface area (Å²) in [6.45, 7) is 2.81. The first-order chi connectivity index (χ1) is 11.6. The zero-order chi connectivity index (χ0) is 17.1. The molecule has 2 aliphatic rings. The molecule has 1 aliphatic heterocycles. The van der Waals surface area contributed by atoms with Gasteiger partial charge in [0, 0.05) is 36.9 Å². The Bertz CT molecular complexity index is 597. The minimum absolute atomic E-state index is 0.0258. The summed E-state index contributed by atoms with van der Waals surface area (Å²) in [6, 6.07) is 7.71. The van der Waals surface area contributed by atoms with Gasteiger partial charge in [0.2, 0.25) is 5.91 Å². The van der Waals surface area contributed by atoms with Crippen LogP contribution in [0, 0.1) is 11.8 Å². The summed E-state index contributed by atoms with van der Waals surface area (Å²) in [5.41, 5.74) is 1.10. The van der Waals surface area contributed by atoms with E-state index in [4.69, 9.17) is 11.6 Å². The lowest BCUT2D eigenvalue weighted by Gasteiger charge is -2.39. The second-order valence-corrected chi connectivity index (χ2v) is 7.06. The average Bonchev–Trinajstić information content (AvgIpc) is 2.62. The minimum atomic E-state index is -0.826. The van der Waals surface area contributed by atoms with E-state index in [0.717, 1.165) is 31.6 Å². The number of anilines is 1. The van der Waals surface area contributed by atoms with Crippen molar-refractivity contribution >= 4 is 29.2 Å². The maximum Gasteiger partial charge on any atom is 0.307 e. The van der Waals surface area contributed by atoms with E-state index in [1.54, 1.807) is 0 Å². The van der Waals surface area contributed by atoms with E-state index in [0.29, 0.717) is 31.0 Å². The highest BCUT2D eigenvalue weighted by atomic mass is 35.5. The third-order valence-corrected chi connectivity index (χ3v) is 5.44. The molecule has 0 unspecified atom stereocenters. The molecule has 0 bridgehead atoms. The van der Waals surface area contributed by atoms with Crippen LogP contribution in [0.2, 0.25) is 5.02 Å². The predicted octanol–water partition coefficient (Wildman–Crippen LogP) is 2.88. The molecule has 1 N–H and O–H groups in total. The fraction of sp³-hybridized carbons (Fsp3) is 0.556. The molecule has 1 aliphatic carbocycles. The van der Waals surface area contributed by atoms with Crippen LogP contribution in [-0.4, -0.2) is 48.1 Å². The smallest absolute Gasteiger partial charge is 0.307 e. The molecule has 130 valence electrons. The molecule has 1 amide bonds. The number of benzene rings is 1. The fourth-order valence-electron chi connectivity index (χ4n) is 3.79. The first-order valence-electron chi connectivity index (χ1n) is 8.58. The monoisotopic (exact) mass is 350 g/mol. The third-order valence-electron chi connectivity index (χ3n) is 5.18. The molecule has 0 spiro atoms. The summed E-state index contributed by atoms with van der Waals surface area (Å²) in [7, 11) is 0. The molecular weight excluding hydrogens is 328 g/mol. The van der Waals surface area contributed by atoms with Gasteiger partial charge in [-0.25, -0.2) is 0 Å². The van der Waals surface area contributed by atoms with Crippen LogP contribution >= 0.6 is 11.6 Å². The predicted molar refractivity (Wildman–Crippen MR) is 93.3 cm³/mol. The van der Waals surface area contributed by atoms with E-state index in [1.807, 2.05) is 29.2 Å². The van der Waals surface area contributed by atoms with Gasteiger partial charge in [0.1, 0.15) is 0 Å². The Morgan fingerprint density at radius 3 is 2.12 bits per heavy atom. The minimum Gasteiger partial charge on any atom is -0.481 e. The van der Waals surface area contributed by atoms with Gasteiger partial charge in [0.15, 0.2) is 0 Å². The molecule has 5 nitrogen and oxygen atoms in total.